The highest BCUT2D eigenvalue weighted by Gasteiger charge is 2.53. The summed E-state index contributed by atoms with van der Waals surface area (Å²) in [6, 6.07) is 0. The third-order valence-corrected chi connectivity index (χ3v) is 4.36. The summed E-state index contributed by atoms with van der Waals surface area (Å²) in [6.45, 7) is 2.82. The molecule has 4 unspecified atom stereocenters. The van der Waals surface area contributed by atoms with Gasteiger partial charge >= 0.3 is 0 Å². The van der Waals surface area contributed by atoms with Gasteiger partial charge in [0.15, 0.2) is 5.96 Å². The van der Waals surface area contributed by atoms with Crippen LogP contribution in [0.3, 0.4) is 0 Å². The number of aliphatic hydroxyl groups is 1. The van der Waals surface area contributed by atoms with E-state index >= 15 is 0 Å². The second-order valence-electron chi connectivity index (χ2n) is 5.22. The summed E-state index contributed by atoms with van der Waals surface area (Å²) < 4.78 is 5.96. The maximum atomic E-state index is 8.85. The van der Waals surface area contributed by atoms with Gasteiger partial charge in [-0.1, -0.05) is 0 Å². The van der Waals surface area contributed by atoms with Crippen LogP contribution in [0.15, 0.2) is 4.99 Å². The molecule has 17 heavy (non-hydrogen) atoms. The van der Waals surface area contributed by atoms with Crippen molar-refractivity contribution < 1.29 is 9.84 Å². The molecule has 3 heterocycles. The molecule has 3 fully saturated rings. The van der Waals surface area contributed by atoms with E-state index in [4.69, 9.17) is 9.84 Å². The number of likely N-dealkylation sites (tertiary alicyclic amines) is 1. The molecule has 5 heteroatoms. The van der Waals surface area contributed by atoms with Gasteiger partial charge in [-0.15, -0.1) is 0 Å². The normalized spacial score (nSPS) is 39.9. The molecule has 0 aromatic heterocycles. The summed E-state index contributed by atoms with van der Waals surface area (Å²) in [6.07, 6.45) is 3.46. The lowest BCUT2D eigenvalue weighted by Crippen LogP contribution is -2.42. The topological polar surface area (TPSA) is 57.1 Å². The molecule has 0 aromatic carbocycles. The van der Waals surface area contributed by atoms with Gasteiger partial charge in [0, 0.05) is 38.5 Å². The number of ether oxygens (including phenoxy) is 1. The van der Waals surface area contributed by atoms with E-state index in [9.17, 15) is 0 Å². The number of guanidine groups is 1. The van der Waals surface area contributed by atoms with Gasteiger partial charge in [0.2, 0.25) is 0 Å². The van der Waals surface area contributed by atoms with Crippen LogP contribution in [0.25, 0.3) is 0 Å². The summed E-state index contributed by atoms with van der Waals surface area (Å²) in [4.78, 5) is 6.60. The van der Waals surface area contributed by atoms with E-state index in [0.29, 0.717) is 30.6 Å². The van der Waals surface area contributed by atoms with E-state index in [2.05, 4.69) is 15.2 Å². The summed E-state index contributed by atoms with van der Waals surface area (Å²) in [7, 11) is 1.80. The molecule has 0 radical (unpaired) electrons. The summed E-state index contributed by atoms with van der Waals surface area (Å²) in [5.74, 6) is 2.32. The summed E-state index contributed by atoms with van der Waals surface area (Å²) >= 11 is 0. The first kappa shape index (κ1) is 11.3. The van der Waals surface area contributed by atoms with Crippen molar-refractivity contribution in [2.45, 2.75) is 25.0 Å². The first-order valence-electron chi connectivity index (χ1n) is 6.55. The predicted octanol–water partition coefficient (Wildman–Crippen LogP) is -0.337. The molecule has 0 spiro atoms. The predicted molar refractivity (Wildman–Crippen MR) is 64.9 cm³/mol. The smallest absolute Gasteiger partial charge is 0.193 e. The fraction of sp³-hybridized carbons (Fsp3) is 0.917. The number of fused-ring (bicyclic) bond motifs is 5. The van der Waals surface area contributed by atoms with Crippen molar-refractivity contribution in [3.05, 3.63) is 0 Å². The van der Waals surface area contributed by atoms with Crippen LogP contribution in [0.2, 0.25) is 0 Å². The number of rotatable bonds is 2. The first-order valence-corrected chi connectivity index (χ1v) is 6.55. The first-order chi connectivity index (χ1) is 8.33. The van der Waals surface area contributed by atoms with Crippen LogP contribution in [0, 0.1) is 11.8 Å². The van der Waals surface area contributed by atoms with Gasteiger partial charge in [-0.3, -0.25) is 4.99 Å². The highest BCUT2D eigenvalue weighted by Crippen LogP contribution is 2.47. The lowest BCUT2D eigenvalue weighted by molar-refractivity contribution is 0.0767. The zero-order valence-electron chi connectivity index (χ0n) is 10.3. The van der Waals surface area contributed by atoms with Crippen molar-refractivity contribution in [3.63, 3.8) is 0 Å². The minimum Gasteiger partial charge on any atom is -0.395 e. The number of aliphatic hydroxyl groups excluding tert-OH is 1. The maximum absolute atomic E-state index is 8.85. The Balaban J connectivity index is 1.64. The number of hydrogen-bond acceptors (Lipinski definition) is 3. The van der Waals surface area contributed by atoms with Crippen LogP contribution >= 0.6 is 0 Å². The van der Waals surface area contributed by atoms with Gasteiger partial charge in [-0.2, -0.15) is 0 Å². The van der Waals surface area contributed by atoms with Crippen molar-refractivity contribution in [1.29, 1.82) is 0 Å². The standard InChI is InChI=1S/C12H21N3O2/c1-13-12(14-4-5-16)15-6-8-9(7-15)11-3-2-10(8)17-11/h8-11,16H,2-7H2,1H3,(H,13,14). The van der Waals surface area contributed by atoms with E-state index in [1.807, 2.05) is 0 Å². The molecule has 0 aliphatic carbocycles. The van der Waals surface area contributed by atoms with Crippen LogP contribution in [0.4, 0.5) is 0 Å². The highest BCUT2D eigenvalue weighted by molar-refractivity contribution is 5.80. The quantitative estimate of drug-likeness (QED) is 0.511. The molecule has 0 amide bonds. The van der Waals surface area contributed by atoms with Gasteiger partial charge in [0.25, 0.3) is 0 Å². The van der Waals surface area contributed by atoms with Gasteiger partial charge < -0.3 is 20.1 Å². The fourth-order valence-electron chi connectivity index (χ4n) is 3.63. The number of hydrogen-bond donors (Lipinski definition) is 2. The Morgan fingerprint density at radius 1 is 1.35 bits per heavy atom. The Hall–Kier alpha value is -0.810. The zero-order chi connectivity index (χ0) is 11.8. The Morgan fingerprint density at radius 2 is 2.00 bits per heavy atom. The SMILES string of the molecule is CN=C(NCCO)N1CC2C3CCC(O3)C2C1. The lowest BCUT2D eigenvalue weighted by Gasteiger charge is -2.23. The molecule has 5 nitrogen and oxygen atoms in total. The van der Waals surface area contributed by atoms with Crippen molar-refractivity contribution >= 4 is 5.96 Å². The van der Waals surface area contributed by atoms with Crippen LogP contribution in [0.1, 0.15) is 12.8 Å². The third-order valence-electron chi connectivity index (χ3n) is 4.36. The average Bonchev–Trinajstić information content (AvgIpc) is 3.01. The molecule has 3 rings (SSSR count). The largest absolute Gasteiger partial charge is 0.395 e. The summed E-state index contributed by atoms with van der Waals surface area (Å²) in [5, 5.41) is 12.0. The Bertz CT molecular complexity index is 303. The molecule has 4 atom stereocenters. The van der Waals surface area contributed by atoms with E-state index in [1.165, 1.54) is 12.8 Å². The van der Waals surface area contributed by atoms with Crippen LogP contribution in [-0.4, -0.2) is 61.5 Å². The fourth-order valence-corrected chi connectivity index (χ4v) is 3.63. The van der Waals surface area contributed by atoms with E-state index < -0.39 is 0 Å². The molecule has 0 saturated carbocycles. The minimum atomic E-state index is 0.147. The van der Waals surface area contributed by atoms with Crippen molar-refractivity contribution in [2.75, 3.05) is 33.3 Å². The number of aliphatic imine (C=N–C) groups is 1. The van der Waals surface area contributed by atoms with E-state index in [1.54, 1.807) is 7.05 Å². The lowest BCUT2D eigenvalue weighted by atomic mass is 9.82. The maximum Gasteiger partial charge on any atom is 0.193 e. The molecule has 3 aliphatic heterocycles. The van der Waals surface area contributed by atoms with Gasteiger partial charge in [-0.05, 0) is 12.8 Å². The Labute approximate surface area is 102 Å². The van der Waals surface area contributed by atoms with Gasteiger partial charge in [-0.25, -0.2) is 0 Å². The van der Waals surface area contributed by atoms with Crippen LogP contribution in [0.5, 0.6) is 0 Å². The monoisotopic (exact) mass is 239 g/mol. The third kappa shape index (κ3) is 1.81. The van der Waals surface area contributed by atoms with Crippen LogP contribution in [-0.2, 0) is 4.74 Å². The number of nitrogens with zero attached hydrogens (tertiary/aromatic N) is 2. The van der Waals surface area contributed by atoms with E-state index in [0.717, 1.165) is 19.0 Å². The second-order valence-corrected chi connectivity index (χ2v) is 5.22. The Morgan fingerprint density at radius 3 is 2.53 bits per heavy atom. The highest BCUT2D eigenvalue weighted by atomic mass is 16.5. The van der Waals surface area contributed by atoms with E-state index in [-0.39, 0.29) is 6.61 Å². The van der Waals surface area contributed by atoms with Gasteiger partial charge in [0.05, 0.1) is 18.8 Å². The van der Waals surface area contributed by atoms with Crippen molar-refractivity contribution in [3.8, 4) is 0 Å². The molecule has 3 aliphatic rings. The molecule has 0 aromatic rings. The molecule has 2 N–H and O–H groups in total. The van der Waals surface area contributed by atoms with Crippen LogP contribution < -0.4 is 5.32 Å². The Kier molecular flexibility index (Phi) is 2.96. The summed E-state index contributed by atoms with van der Waals surface area (Å²) in [5.41, 5.74) is 0. The van der Waals surface area contributed by atoms with Crippen molar-refractivity contribution in [2.24, 2.45) is 16.8 Å². The minimum absolute atomic E-state index is 0.147. The molecule has 96 valence electrons. The second kappa shape index (κ2) is 4.46. The molecular formula is C12H21N3O2. The number of nitrogens with one attached hydrogen (secondary N) is 1. The van der Waals surface area contributed by atoms with Crippen molar-refractivity contribution in [1.82, 2.24) is 10.2 Å². The van der Waals surface area contributed by atoms with Gasteiger partial charge in [0.1, 0.15) is 0 Å². The molecule has 3 saturated heterocycles. The molecular weight excluding hydrogens is 218 g/mol. The molecule has 2 bridgehead atoms. The average molecular weight is 239 g/mol. The zero-order valence-corrected chi connectivity index (χ0v) is 10.3.